The number of hydrogen-bond acceptors (Lipinski definition) is 7. The molecule has 3 saturated heterocycles. The fourth-order valence-electron chi connectivity index (χ4n) is 6.19. The highest BCUT2D eigenvalue weighted by atomic mass is 79.9. The van der Waals surface area contributed by atoms with Crippen molar-refractivity contribution in [2.45, 2.75) is 47.2 Å². The molecule has 3 fully saturated rings. The minimum absolute atomic E-state index is 0.0511. The van der Waals surface area contributed by atoms with Gasteiger partial charge >= 0.3 is 5.97 Å². The fraction of sp³-hybridized carbons (Fsp3) is 0.536. The quantitative estimate of drug-likeness (QED) is 0.234. The van der Waals surface area contributed by atoms with E-state index in [0.717, 1.165) is 0 Å². The van der Waals surface area contributed by atoms with Crippen molar-refractivity contribution in [3.05, 3.63) is 49.6 Å². The van der Waals surface area contributed by atoms with Crippen molar-refractivity contribution in [3.8, 4) is 5.75 Å². The van der Waals surface area contributed by atoms with Crippen LogP contribution in [0.1, 0.15) is 20.3 Å². The Morgan fingerprint density at radius 2 is 1.97 bits per heavy atom. The number of nitrogens with zero attached hydrogens (tertiary/aromatic N) is 2. The van der Waals surface area contributed by atoms with E-state index in [-0.39, 0.29) is 47.6 Å². The summed E-state index contributed by atoms with van der Waals surface area (Å²) in [7, 11) is 1.57. The standard InChI is InChI=1S/C28H35BrN2O6S/c1-6-12-30(17-8-10-18(36-5)11-9-17)26(34)24-28-14-19(29)23(38-28)21(27(35)37-13-7-2)22(28)25(33)31(24)20(15-32)16(3)4/h6-11,16,19-24,32H,1-2,12-15H2,3-5H3/t19?,20-,21-,22-,23-,24?,28?/m0/s1. The molecule has 4 rings (SSSR count). The molecule has 1 spiro atoms. The summed E-state index contributed by atoms with van der Waals surface area (Å²) in [4.78, 5) is 45.2. The van der Waals surface area contributed by atoms with Crippen molar-refractivity contribution in [2.75, 3.05) is 31.8 Å². The van der Waals surface area contributed by atoms with Gasteiger partial charge in [0.05, 0.1) is 36.3 Å². The van der Waals surface area contributed by atoms with Gasteiger partial charge in [-0.15, -0.1) is 18.3 Å². The molecule has 0 saturated carbocycles. The Morgan fingerprint density at radius 1 is 1.29 bits per heavy atom. The van der Waals surface area contributed by atoms with Gasteiger partial charge in [0.15, 0.2) is 0 Å². The van der Waals surface area contributed by atoms with E-state index in [2.05, 4.69) is 29.1 Å². The molecule has 3 aliphatic rings. The van der Waals surface area contributed by atoms with Crippen molar-refractivity contribution in [1.29, 1.82) is 0 Å². The molecule has 8 nitrogen and oxygen atoms in total. The Balaban J connectivity index is 1.83. The lowest BCUT2D eigenvalue weighted by molar-refractivity contribution is -0.153. The van der Waals surface area contributed by atoms with Gasteiger partial charge in [-0.1, -0.05) is 48.5 Å². The number of carbonyl (C=O) groups is 3. The van der Waals surface area contributed by atoms with Gasteiger partial charge in [0.2, 0.25) is 5.91 Å². The maximum Gasteiger partial charge on any atom is 0.311 e. The number of fused-ring (bicyclic) bond motifs is 1. The maximum absolute atomic E-state index is 14.6. The van der Waals surface area contributed by atoms with Crippen LogP contribution in [0.4, 0.5) is 5.69 Å². The van der Waals surface area contributed by atoms with Crippen molar-refractivity contribution in [1.82, 2.24) is 4.90 Å². The average molecular weight is 608 g/mol. The summed E-state index contributed by atoms with van der Waals surface area (Å²) in [5.74, 6) is -1.89. The lowest BCUT2D eigenvalue weighted by Crippen LogP contribution is -2.59. The number of anilines is 1. The lowest BCUT2D eigenvalue weighted by Gasteiger charge is -2.40. The second-order valence-electron chi connectivity index (χ2n) is 10.3. The Morgan fingerprint density at radius 3 is 2.53 bits per heavy atom. The summed E-state index contributed by atoms with van der Waals surface area (Å²) in [6, 6.07) is 5.68. The highest BCUT2D eigenvalue weighted by Gasteiger charge is 2.76. The summed E-state index contributed by atoms with van der Waals surface area (Å²) in [6.07, 6.45) is 3.68. The molecule has 3 heterocycles. The number of hydrogen-bond donors (Lipinski definition) is 1. The summed E-state index contributed by atoms with van der Waals surface area (Å²) < 4.78 is 9.87. The molecule has 10 heteroatoms. The van der Waals surface area contributed by atoms with E-state index in [0.29, 0.717) is 17.9 Å². The number of esters is 1. The van der Waals surface area contributed by atoms with Gasteiger partial charge in [-0.3, -0.25) is 14.4 Å². The van der Waals surface area contributed by atoms with E-state index in [1.165, 1.54) is 17.8 Å². The van der Waals surface area contributed by atoms with E-state index in [1.807, 2.05) is 13.8 Å². The zero-order chi connectivity index (χ0) is 27.8. The molecule has 38 heavy (non-hydrogen) atoms. The predicted octanol–water partition coefficient (Wildman–Crippen LogP) is 3.42. The van der Waals surface area contributed by atoms with Gasteiger partial charge in [-0.25, -0.2) is 0 Å². The number of benzene rings is 1. The zero-order valence-corrected chi connectivity index (χ0v) is 24.3. The molecule has 1 aromatic carbocycles. The Kier molecular flexibility index (Phi) is 8.64. The van der Waals surface area contributed by atoms with Gasteiger partial charge in [-0.05, 0) is 36.6 Å². The number of carbonyl (C=O) groups excluding carboxylic acids is 3. The van der Waals surface area contributed by atoms with Crippen LogP contribution in [0.3, 0.4) is 0 Å². The first-order chi connectivity index (χ1) is 18.2. The second kappa shape index (κ2) is 11.4. The molecule has 1 aromatic rings. The number of likely N-dealkylation sites (tertiary alicyclic amines) is 1. The molecule has 2 bridgehead atoms. The van der Waals surface area contributed by atoms with Crippen LogP contribution in [-0.4, -0.2) is 81.6 Å². The minimum Gasteiger partial charge on any atom is -0.497 e. The van der Waals surface area contributed by atoms with Crippen LogP contribution >= 0.6 is 27.7 Å². The van der Waals surface area contributed by atoms with E-state index in [9.17, 15) is 19.5 Å². The summed E-state index contributed by atoms with van der Waals surface area (Å²) in [5.41, 5.74) is 0.642. The van der Waals surface area contributed by atoms with E-state index in [4.69, 9.17) is 9.47 Å². The lowest BCUT2D eigenvalue weighted by atomic mass is 9.71. The number of aliphatic hydroxyl groups excluding tert-OH is 1. The molecule has 1 N–H and O–H groups in total. The number of thioether (sulfide) groups is 1. The zero-order valence-electron chi connectivity index (χ0n) is 21.9. The van der Waals surface area contributed by atoms with Crippen LogP contribution < -0.4 is 9.64 Å². The van der Waals surface area contributed by atoms with Gasteiger partial charge in [0.25, 0.3) is 5.91 Å². The van der Waals surface area contributed by atoms with Crippen molar-refractivity contribution < 1.29 is 29.0 Å². The van der Waals surface area contributed by atoms with Crippen LogP contribution in [0.15, 0.2) is 49.6 Å². The van der Waals surface area contributed by atoms with Crippen LogP contribution in [0, 0.1) is 17.8 Å². The third-order valence-electron chi connectivity index (χ3n) is 7.85. The highest BCUT2D eigenvalue weighted by Crippen LogP contribution is 2.68. The summed E-state index contributed by atoms with van der Waals surface area (Å²) >= 11 is 5.29. The summed E-state index contributed by atoms with van der Waals surface area (Å²) in [6.45, 7) is 11.3. The predicted molar refractivity (Wildman–Crippen MR) is 151 cm³/mol. The van der Waals surface area contributed by atoms with E-state index < -0.39 is 34.6 Å². The summed E-state index contributed by atoms with van der Waals surface area (Å²) in [5, 5.41) is 10.2. The number of halogens is 1. The van der Waals surface area contributed by atoms with Crippen molar-refractivity contribution >= 4 is 51.2 Å². The molecule has 0 aromatic heterocycles. The number of alkyl halides is 1. The topological polar surface area (TPSA) is 96.4 Å². The maximum atomic E-state index is 14.6. The Bertz CT molecular complexity index is 1100. The smallest absolute Gasteiger partial charge is 0.311 e. The first-order valence-electron chi connectivity index (χ1n) is 12.8. The largest absolute Gasteiger partial charge is 0.497 e. The first-order valence-corrected chi connectivity index (χ1v) is 14.5. The Labute approximate surface area is 236 Å². The monoisotopic (exact) mass is 606 g/mol. The number of amides is 2. The van der Waals surface area contributed by atoms with Crippen molar-refractivity contribution in [3.63, 3.8) is 0 Å². The number of ether oxygens (including phenoxy) is 2. The Hall–Kier alpha value is -2.30. The SMILES string of the molecule is C=CCOC(=O)[C@H]1[C@H]2C(=O)N([C@@H](CO)C(C)C)C(C(=O)N(CC=C)c3ccc(OC)cc3)C23CC(Br)[C@@H]1S3. The molecule has 3 unspecified atom stereocenters. The second-order valence-corrected chi connectivity index (χ2v) is 13.0. The molecule has 7 atom stereocenters. The van der Waals surface area contributed by atoms with Crippen molar-refractivity contribution in [2.24, 2.45) is 17.8 Å². The molecular weight excluding hydrogens is 572 g/mol. The van der Waals surface area contributed by atoms with Crippen LogP contribution in [0.25, 0.3) is 0 Å². The molecule has 2 amide bonds. The average Bonchev–Trinajstić information content (AvgIpc) is 3.49. The minimum atomic E-state index is -0.881. The number of methoxy groups -OCH3 is 1. The molecular formula is C28H35BrN2O6S. The molecule has 3 aliphatic heterocycles. The number of aliphatic hydroxyl groups is 1. The van der Waals surface area contributed by atoms with Gasteiger partial charge in [0, 0.05) is 22.3 Å². The highest BCUT2D eigenvalue weighted by molar-refractivity contribution is 9.09. The molecule has 206 valence electrons. The van der Waals surface area contributed by atoms with Gasteiger partial charge < -0.3 is 24.4 Å². The normalized spacial score (nSPS) is 30.2. The third kappa shape index (κ3) is 4.58. The van der Waals surface area contributed by atoms with Crippen LogP contribution in [-0.2, 0) is 19.1 Å². The van der Waals surface area contributed by atoms with Crippen LogP contribution in [0.2, 0.25) is 0 Å². The first kappa shape index (κ1) is 28.7. The van der Waals surface area contributed by atoms with Crippen LogP contribution in [0.5, 0.6) is 5.75 Å². The van der Waals surface area contributed by atoms with E-state index in [1.54, 1.807) is 47.3 Å². The molecule has 0 aliphatic carbocycles. The third-order valence-corrected chi connectivity index (χ3v) is 11.1. The van der Waals surface area contributed by atoms with E-state index >= 15 is 0 Å². The van der Waals surface area contributed by atoms with Gasteiger partial charge in [0.1, 0.15) is 18.4 Å². The van der Waals surface area contributed by atoms with Gasteiger partial charge in [-0.2, -0.15) is 0 Å². The fourth-order valence-corrected chi connectivity index (χ4v) is 9.77. The number of rotatable bonds is 11. The molecule has 0 radical (unpaired) electrons.